The topological polar surface area (TPSA) is 55.6 Å². The fourth-order valence-electron chi connectivity index (χ4n) is 2.19. The lowest BCUT2D eigenvalue weighted by molar-refractivity contribution is 0.578. The third-order valence-corrected chi connectivity index (χ3v) is 3.11. The molecule has 1 aromatic carbocycles. The van der Waals surface area contributed by atoms with Crippen molar-refractivity contribution < 1.29 is 4.39 Å². The number of halogens is 1. The number of nitrogens with one attached hydrogen (secondary N) is 1. The van der Waals surface area contributed by atoms with Crippen LogP contribution in [0.15, 0.2) is 24.3 Å². The fraction of sp³-hybridized carbons (Fsp3) is 0.417. The minimum absolute atomic E-state index is 0.329. The number of rotatable bonds is 3. The van der Waals surface area contributed by atoms with Gasteiger partial charge in [-0.25, -0.2) is 4.39 Å². The van der Waals surface area contributed by atoms with Crippen molar-refractivity contribution in [1.29, 1.82) is 0 Å². The Morgan fingerprint density at radius 2 is 2.28 bits per heavy atom. The molecule has 0 amide bonds. The van der Waals surface area contributed by atoms with E-state index in [1.54, 1.807) is 18.2 Å². The quantitative estimate of drug-likeness (QED) is 0.882. The second-order valence-corrected chi connectivity index (χ2v) is 4.44. The van der Waals surface area contributed by atoms with Gasteiger partial charge in [-0.15, -0.1) is 15.0 Å². The molecule has 1 aromatic heterocycles. The Hall–Kier alpha value is -1.82. The van der Waals surface area contributed by atoms with Gasteiger partial charge in [-0.2, -0.15) is 0 Å². The third kappa shape index (κ3) is 2.24. The number of para-hydroxylation sites is 1. The molecule has 1 aliphatic heterocycles. The van der Waals surface area contributed by atoms with E-state index in [1.807, 2.05) is 0 Å². The van der Waals surface area contributed by atoms with Crippen LogP contribution < -0.4 is 5.32 Å². The second kappa shape index (κ2) is 4.81. The highest BCUT2D eigenvalue weighted by Gasteiger charge is 2.17. The van der Waals surface area contributed by atoms with Crippen LogP contribution in [-0.4, -0.2) is 32.8 Å². The molecule has 1 atom stereocenters. The van der Waals surface area contributed by atoms with Crippen LogP contribution in [-0.2, 0) is 6.42 Å². The smallest absolute Gasteiger partial charge is 0.176 e. The van der Waals surface area contributed by atoms with Crippen molar-refractivity contribution in [1.82, 2.24) is 25.5 Å². The Balaban J connectivity index is 1.79. The van der Waals surface area contributed by atoms with Crippen molar-refractivity contribution in [3.05, 3.63) is 35.9 Å². The molecule has 6 heteroatoms. The van der Waals surface area contributed by atoms with Crippen LogP contribution in [0, 0.1) is 5.82 Å². The van der Waals surface area contributed by atoms with E-state index < -0.39 is 0 Å². The first-order chi connectivity index (χ1) is 8.83. The maximum absolute atomic E-state index is 13.5. The summed E-state index contributed by atoms with van der Waals surface area (Å²) in [7, 11) is 0. The number of benzene rings is 1. The van der Waals surface area contributed by atoms with Crippen LogP contribution in [0.5, 0.6) is 0 Å². The monoisotopic (exact) mass is 247 g/mol. The Bertz CT molecular complexity index is 533. The summed E-state index contributed by atoms with van der Waals surface area (Å²) in [6.45, 7) is 1.05. The molecule has 0 bridgehead atoms. The third-order valence-electron chi connectivity index (χ3n) is 3.11. The number of aromatic nitrogens is 4. The lowest BCUT2D eigenvalue weighted by atomic mass is 10.1. The van der Waals surface area contributed by atoms with Crippen molar-refractivity contribution in [3.63, 3.8) is 0 Å². The van der Waals surface area contributed by atoms with Gasteiger partial charge in [-0.05, 0) is 36.7 Å². The predicted octanol–water partition coefficient (Wildman–Crippen LogP) is 1.10. The highest BCUT2D eigenvalue weighted by Crippen LogP contribution is 2.12. The average Bonchev–Trinajstić information content (AvgIpc) is 3.02. The minimum atomic E-state index is -0.347. The molecule has 2 heterocycles. The highest BCUT2D eigenvalue weighted by molar-refractivity contribution is 5.30. The molecule has 3 rings (SSSR count). The summed E-state index contributed by atoms with van der Waals surface area (Å²) < 4.78 is 13.5. The lowest BCUT2D eigenvalue weighted by Gasteiger charge is -2.05. The average molecular weight is 247 g/mol. The molecular formula is C12H14FN5. The van der Waals surface area contributed by atoms with E-state index in [1.165, 1.54) is 17.3 Å². The normalized spacial score (nSPS) is 19.3. The summed E-state index contributed by atoms with van der Waals surface area (Å²) in [6.07, 6.45) is 3.06. The Labute approximate surface area is 104 Å². The largest absolute Gasteiger partial charge is 0.314 e. The van der Waals surface area contributed by atoms with Crippen LogP contribution in [0.3, 0.4) is 0 Å². The maximum Gasteiger partial charge on any atom is 0.176 e. The van der Waals surface area contributed by atoms with Crippen molar-refractivity contribution in [3.8, 4) is 5.69 Å². The first kappa shape index (κ1) is 11.3. The molecule has 94 valence electrons. The summed E-state index contributed by atoms with van der Waals surface area (Å²) >= 11 is 0. The van der Waals surface area contributed by atoms with Crippen LogP contribution in [0.4, 0.5) is 4.39 Å². The first-order valence-electron chi connectivity index (χ1n) is 6.10. The SMILES string of the molecule is Fc1ccccc1-n1nnc(CC2CCCN2)n1. The molecule has 1 fully saturated rings. The highest BCUT2D eigenvalue weighted by atomic mass is 19.1. The molecule has 1 saturated heterocycles. The zero-order valence-corrected chi connectivity index (χ0v) is 9.88. The van der Waals surface area contributed by atoms with E-state index in [0.29, 0.717) is 17.6 Å². The summed E-state index contributed by atoms with van der Waals surface area (Å²) in [5.74, 6) is 0.304. The van der Waals surface area contributed by atoms with Gasteiger partial charge in [0, 0.05) is 12.5 Å². The summed E-state index contributed by atoms with van der Waals surface area (Å²) in [5, 5.41) is 15.5. The molecular weight excluding hydrogens is 233 g/mol. The van der Waals surface area contributed by atoms with Gasteiger partial charge in [0.1, 0.15) is 5.69 Å². The van der Waals surface area contributed by atoms with Gasteiger partial charge < -0.3 is 5.32 Å². The zero-order chi connectivity index (χ0) is 12.4. The Morgan fingerprint density at radius 3 is 3.06 bits per heavy atom. The molecule has 0 aliphatic carbocycles. The summed E-state index contributed by atoms with van der Waals surface area (Å²) in [6, 6.07) is 6.83. The molecule has 1 N–H and O–H groups in total. The van der Waals surface area contributed by atoms with Crippen molar-refractivity contribution in [2.24, 2.45) is 0 Å². The fourth-order valence-corrected chi connectivity index (χ4v) is 2.19. The van der Waals surface area contributed by atoms with Crippen LogP contribution in [0.1, 0.15) is 18.7 Å². The molecule has 0 radical (unpaired) electrons. The maximum atomic E-state index is 13.5. The number of nitrogens with zero attached hydrogens (tertiary/aromatic N) is 4. The van der Waals surface area contributed by atoms with Gasteiger partial charge in [0.2, 0.25) is 0 Å². The van der Waals surface area contributed by atoms with E-state index in [-0.39, 0.29) is 5.82 Å². The van der Waals surface area contributed by atoms with Crippen LogP contribution in [0.2, 0.25) is 0 Å². The van der Waals surface area contributed by atoms with E-state index >= 15 is 0 Å². The molecule has 5 nitrogen and oxygen atoms in total. The van der Waals surface area contributed by atoms with Gasteiger partial charge in [0.05, 0.1) is 0 Å². The van der Waals surface area contributed by atoms with E-state index in [4.69, 9.17) is 0 Å². The van der Waals surface area contributed by atoms with E-state index in [9.17, 15) is 4.39 Å². The molecule has 0 spiro atoms. The van der Waals surface area contributed by atoms with Gasteiger partial charge >= 0.3 is 0 Å². The molecule has 1 aliphatic rings. The van der Waals surface area contributed by atoms with E-state index in [2.05, 4.69) is 20.7 Å². The van der Waals surface area contributed by atoms with E-state index in [0.717, 1.165) is 19.4 Å². The molecule has 2 aromatic rings. The second-order valence-electron chi connectivity index (χ2n) is 4.44. The summed E-state index contributed by atoms with van der Waals surface area (Å²) in [4.78, 5) is 1.25. The van der Waals surface area contributed by atoms with Crippen molar-refractivity contribution in [2.75, 3.05) is 6.54 Å². The number of hydrogen-bond donors (Lipinski definition) is 1. The van der Waals surface area contributed by atoms with Gasteiger partial charge in [-0.1, -0.05) is 12.1 Å². The number of tetrazole rings is 1. The molecule has 0 saturated carbocycles. The zero-order valence-electron chi connectivity index (χ0n) is 9.88. The number of hydrogen-bond acceptors (Lipinski definition) is 4. The van der Waals surface area contributed by atoms with Crippen molar-refractivity contribution >= 4 is 0 Å². The Morgan fingerprint density at radius 1 is 1.39 bits per heavy atom. The van der Waals surface area contributed by atoms with Gasteiger partial charge in [0.15, 0.2) is 11.6 Å². The Kier molecular flexibility index (Phi) is 3.02. The summed E-state index contributed by atoms with van der Waals surface area (Å²) in [5.41, 5.74) is 0.329. The van der Waals surface area contributed by atoms with Crippen molar-refractivity contribution in [2.45, 2.75) is 25.3 Å². The van der Waals surface area contributed by atoms with Gasteiger partial charge in [-0.3, -0.25) is 0 Å². The minimum Gasteiger partial charge on any atom is -0.314 e. The first-order valence-corrected chi connectivity index (χ1v) is 6.10. The van der Waals surface area contributed by atoms with Gasteiger partial charge in [0.25, 0.3) is 0 Å². The predicted molar refractivity (Wildman–Crippen MR) is 63.8 cm³/mol. The van der Waals surface area contributed by atoms with Crippen LogP contribution >= 0.6 is 0 Å². The molecule has 18 heavy (non-hydrogen) atoms. The molecule has 1 unspecified atom stereocenters. The lowest BCUT2D eigenvalue weighted by Crippen LogP contribution is -2.24. The standard InChI is InChI=1S/C12H14FN5/c13-10-5-1-2-6-11(10)18-16-12(15-17-18)8-9-4-3-7-14-9/h1-2,5-6,9,14H,3-4,7-8H2. The van der Waals surface area contributed by atoms with Crippen LogP contribution in [0.25, 0.3) is 5.69 Å².